The monoisotopic (exact) mass is 680 g/mol. The lowest BCUT2D eigenvalue weighted by Gasteiger charge is -2.45. The minimum Gasteiger partial charge on any atom is -0.493 e. The number of hydrogen-bond acceptors (Lipinski definition) is 5. The Bertz CT molecular complexity index is 2250. The number of ether oxygens (including phenoxy) is 2. The number of hydrogen-bond donors (Lipinski definition) is 0. The van der Waals surface area contributed by atoms with Gasteiger partial charge in [0.2, 0.25) is 0 Å². The highest BCUT2D eigenvalue weighted by Gasteiger charge is 2.55. The Balaban J connectivity index is 1.53. The molecule has 1 atom stereocenters. The summed E-state index contributed by atoms with van der Waals surface area (Å²) >= 11 is 0. The number of imidazole rings is 1. The summed E-state index contributed by atoms with van der Waals surface area (Å²) in [6.45, 7) is 5.08. The Hall–Kier alpha value is -6.40. The number of rotatable bonds is 11. The van der Waals surface area contributed by atoms with E-state index < -0.39 is 11.7 Å². The van der Waals surface area contributed by atoms with Crippen molar-refractivity contribution in [2.75, 3.05) is 18.2 Å². The number of para-hydroxylation sites is 2. The highest BCUT2D eigenvalue weighted by atomic mass is 16.5. The van der Waals surface area contributed by atoms with Crippen molar-refractivity contribution in [3.8, 4) is 34.1 Å². The van der Waals surface area contributed by atoms with Gasteiger partial charge in [0, 0.05) is 11.1 Å². The van der Waals surface area contributed by atoms with Crippen molar-refractivity contribution in [3.63, 3.8) is 0 Å². The van der Waals surface area contributed by atoms with Crippen LogP contribution in [0.25, 0.3) is 22.6 Å². The molecule has 256 valence electrons. The summed E-state index contributed by atoms with van der Waals surface area (Å²) in [5, 5.41) is 2.40. The van der Waals surface area contributed by atoms with E-state index >= 15 is 0 Å². The summed E-state index contributed by atoms with van der Waals surface area (Å²) in [5.41, 5.74) is 6.82. The standard InChI is InChI=1S/C46H40N4O2/c1-3-51-41-31-19-17-29-38(41)44-47-40(34-21-9-5-10-22-34)33-49(44)50-45(39-30-18-20-32-42(39)52-4-2)48-43(35-23-11-6-12-24-35)46(50,36-25-13-7-14-26-36)37-27-15-8-16-28-37/h5-33,45H,3-4H2,1-2H3. The van der Waals surface area contributed by atoms with E-state index in [-0.39, 0.29) is 0 Å². The van der Waals surface area contributed by atoms with Crippen LogP contribution in [0, 0.1) is 0 Å². The van der Waals surface area contributed by atoms with Crippen LogP contribution in [0.2, 0.25) is 0 Å². The number of benzene rings is 6. The van der Waals surface area contributed by atoms with Gasteiger partial charge in [0.1, 0.15) is 11.5 Å². The van der Waals surface area contributed by atoms with Crippen LogP contribution in [-0.4, -0.2) is 28.6 Å². The molecule has 1 aromatic heterocycles. The predicted molar refractivity (Wildman–Crippen MR) is 209 cm³/mol. The Labute approximate surface area is 305 Å². The molecule has 52 heavy (non-hydrogen) atoms. The van der Waals surface area contributed by atoms with Gasteiger partial charge in [-0.1, -0.05) is 152 Å². The summed E-state index contributed by atoms with van der Waals surface area (Å²) < 4.78 is 14.8. The zero-order chi connectivity index (χ0) is 35.3. The van der Waals surface area contributed by atoms with Gasteiger partial charge in [-0.2, -0.15) is 0 Å². The number of aromatic nitrogens is 2. The molecule has 0 amide bonds. The first kappa shape index (κ1) is 32.8. The van der Waals surface area contributed by atoms with Gasteiger partial charge in [-0.3, -0.25) is 10.0 Å². The van der Waals surface area contributed by atoms with Crippen LogP contribution in [0.4, 0.5) is 0 Å². The topological polar surface area (TPSA) is 51.9 Å². The molecule has 8 rings (SSSR count). The second-order valence-electron chi connectivity index (χ2n) is 12.6. The maximum absolute atomic E-state index is 6.35. The van der Waals surface area contributed by atoms with Gasteiger partial charge in [0.25, 0.3) is 0 Å². The lowest BCUT2D eigenvalue weighted by molar-refractivity contribution is 0.329. The van der Waals surface area contributed by atoms with E-state index in [0.29, 0.717) is 13.2 Å². The molecule has 0 N–H and O–H groups in total. The van der Waals surface area contributed by atoms with E-state index in [0.717, 1.165) is 62.1 Å². The van der Waals surface area contributed by atoms with Crippen LogP contribution >= 0.6 is 0 Å². The Morgan fingerprint density at radius 2 is 1.06 bits per heavy atom. The smallest absolute Gasteiger partial charge is 0.166 e. The van der Waals surface area contributed by atoms with Crippen molar-refractivity contribution in [2.24, 2.45) is 4.99 Å². The maximum atomic E-state index is 6.35. The van der Waals surface area contributed by atoms with Crippen LogP contribution in [0.1, 0.15) is 42.3 Å². The molecular formula is C46H40N4O2. The summed E-state index contributed by atoms with van der Waals surface area (Å²) in [4.78, 5) is 11.2. The molecule has 2 heterocycles. The fraction of sp³-hybridized carbons (Fsp3) is 0.130. The third-order valence-corrected chi connectivity index (χ3v) is 9.51. The van der Waals surface area contributed by atoms with Crippen LogP contribution in [-0.2, 0) is 5.54 Å². The van der Waals surface area contributed by atoms with E-state index in [1.165, 1.54) is 0 Å². The van der Waals surface area contributed by atoms with Crippen molar-refractivity contribution >= 4 is 5.71 Å². The first-order valence-electron chi connectivity index (χ1n) is 17.9. The van der Waals surface area contributed by atoms with Gasteiger partial charge in [-0.05, 0) is 48.7 Å². The van der Waals surface area contributed by atoms with Gasteiger partial charge >= 0.3 is 0 Å². The van der Waals surface area contributed by atoms with Crippen molar-refractivity contribution in [1.29, 1.82) is 0 Å². The minimum atomic E-state index is -0.933. The largest absolute Gasteiger partial charge is 0.493 e. The zero-order valence-corrected chi connectivity index (χ0v) is 29.3. The SMILES string of the molecule is CCOc1ccccc1-c1nc(-c2ccccc2)cn1N1C(c2ccccc2OCC)N=C(c2ccccc2)C1(c1ccccc1)c1ccccc1. The van der Waals surface area contributed by atoms with E-state index in [4.69, 9.17) is 19.5 Å². The van der Waals surface area contributed by atoms with E-state index in [2.05, 4.69) is 137 Å². The molecule has 1 unspecified atom stereocenters. The van der Waals surface area contributed by atoms with E-state index in [9.17, 15) is 0 Å². The zero-order valence-electron chi connectivity index (χ0n) is 29.3. The minimum absolute atomic E-state index is 0.524. The second kappa shape index (κ2) is 14.4. The molecule has 0 radical (unpaired) electrons. The average molecular weight is 681 g/mol. The molecule has 6 nitrogen and oxygen atoms in total. The molecule has 6 heteroatoms. The first-order valence-corrected chi connectivity index (χ1v) is 17.9. The number of aliphatic imine (C=N–C) groups is 1. The fourth-order valence-corrected chi connectivity index (χ4v) is 7.37. The normalized spacial score (nSPS) is 14.9. The predicted octanol–water partition coefficient (Wildman–Crippen LogP) is 10.1. The van der Waals surface area contributed by atoms with Crippen molar-refractivity contribution in [2.45, 2.75) is 25.6 Å². The maximum Gasteiger partial charge on any atom is 0.166 e. The van der Waals surface area contributed by atoms with Crippen molar-refractivity contribution in [1.82, 2.24) is 9.66 Å². The Morgan fingerprint density at radius 3 is 1.67 bits per heavy atom. The molecular weight excluding hydrogens is 641 g/mol. The molecule has 0 saturated carbocycles. The van der Waals surface area contributed by atoms with Gasteiger partial charge in [0.05, 0.1) is 36.4 Å². The molecule has 1 aliphatic rings. The van der Waals surface area contributed by atoms with Gasteiger partial charge < -0.3 is 9.47 Å². The van der Waals surface area contributed by atoms with Gasteiger partial charge in [-0.15, -0.1) is 0 Å². The highest BCUT2D eigenvalue weighted by molar-refractivity contribution is 6.13. The fourth-order valence-electron chi connectivity index (χ4n) is 7.37. The van der Waals surface area contributed by atoms with Gasteiger partial charge in [-0.25, -0.2) is 9.66 Å². The van der Waals surface area contributed by atoms with Crippen LogP contribution < -0.4 is 14.5 Å². The quantitative estimate of drug-likeness (QED) is 0.137. The molecule has 0 fully saturated rings. The van der Waals surface area contributed by atoms with Crippen molar-refractivity contribution < 1.29 is 9.47 Å². The molecule has 0 aliphatic carbocycles. The van der Waals surface area contributed by atoms with Crippen molar-refractivity contribution in [3.05, 3.63) is 198 Å². The first-order chi connectivity index (χ1) is 25.7. The molecule has 7 aromatic rings. The average Bonchev–Trinajstić information content (AvgIpc) is 3.81. The van der Waals surface area contributed by atoms with Crippen LogP contribution in [0.3, 0.4) is 0 Å². The van der Waals surface area contributed by atoms with Gasteiger partial charge in [0.15, 0.2) is 17.5 Å². The van der Waals surface area contributed by atoms with Crippen LogP contribution in [0.15, 0.2) is 181 Å². The van der Waals surface area contributed by atoms with E-state index in [1.807, 2.05) is 62.4 Å². The summed E-state index contributed by atoms with van der Waals surface area (Å²) in [6.07, 6.45) is 1.61. The Morgan fingerprint density at radius 1 is 0.558 bits per heavy atom. The highest BCUT2D eigenvalue weighted by Crippen LogP contribution is 2.51. The lowest BCUT2D eigenvalue weighted by atomic mass is 9.76. The molecule has 0 saturated heterocycles. The van der Waals surface area contributed by atoms with Crippen LogP contribution in [0.5, 0.6) is 11.5 Å². The third kappa shape index (κ3) is 5.72. The Kier molecular flexibility index (Phi) is 9.11. The number of nitrogens with zero attached hydrogens (tertiary/aromatic N) is 4. The second-order valence-corrected chi connectivity index (χ2v) is 12.6. The molecule has 6 aromatic carbocycles. The molecule has 0 bridgehead atoms. The molecule has 1 aliphatic heterocycles. The lowest BCUT2D eigenvalue weighted by Crippen LogP contribution is -2.55. The molecule has 0 spiro atoms. The van der Waals surface area contributed by atoms with E-state index in [1.54, 1.807) is 0 Å². The summed E-state index contributed by atoms with van der Waals surface area (Å²) in [5.74, 6) is 2.28. The summed E-state index contributed by atoms with van der Waals surface area (Å²) in [7, 11) is 0. The third-order valence-electron chi connectivity index (χ3n) is 9.51. The summed E-state index contributed by atoms with van der Waals surface area (Å²) in [6, 6.07) is 58.6.